The summed E-state index contributed by atoms with van der Waals surface area (Å²) in [5.74, 6) is -1.50. The van der Waals surface area contributed by atoms with Gasteiger partial charge in [0.15, 0.2) is 5.79 Å². The topological polar surface area (TPSA) is 68.5 Å². The van der Waals surface area contributed by atoms with Crippen molar-refractivity contribution in [3.8, 4) is 0 Å². The summed E-state index contributed by atoms with van der Waals surface area (Å²) in [4.78, 5) is 0. The minimum Gasteiger partial charge on any atom is -0.387 e. The molecule has 19 heavy (non-hydrogen) atoms. The van der Waals surface area contributed by atoms with E-state index < -0.39 is 29.9 Å². The van der Waals surface area contributed by atoms with Gasteiger partial charge in [-0.2, -0.15) is 0 Å². The first-order valence-electron chi connectivity index (χ1n) is 6.46. The van der Waals surface area contributed by atoms with Crippen LogP contribution in [0, 0.1) is 0 Å². The van der Waals surface area contributed by atoms with Crippen LogP contribution in [0.2, 0.25) is 0 Å². The molecule has 4 atom stereocenters. The standard InChI is InChI=1S/C13H23O6/c1-12(2,15-5)18-8-6-16-11(10(8)14)9-7-17-13(3,4)19-9/h8-11,14H,5-7H2,1-4H3/q+1. The lowest BCUT2D eigenvalue weighted by Crippen LogP contribution is -2.44. The lowest BCUT2D eigenvalue weighted by molar-refractivity contribution is -0.606. The summed E-state index contributed by atoms with van der Waals surface area (Å²) < 4.78 is 27.4. The highest BCUT2D eigenvalue weighted by atomic mass is 16.8. The van der Waals surface area contributed by atoms with Crippen molar-refractivity contribution >= 4 is 6.79 Å². The molecule has 0 spiro atoms. The Morgan fingerprint density at radius 2 is 2.05 bits per heavy atom. The maximum absolute atomic E-state index is 10.3. The van der Waals surface area contributed by atoms with Crippen molar-refractivity contribution in [2.75, 3.05) is 13.2 Å². The number of hydrogen-bond acceptors (Lipinski definition) is 5. The fourth-order valence-electron chi connectivity index (χ4n) is 2.32. The van der Waals surface area contributed by atoms with Crippen LogP contribution in [0.3, 0.4) is 0 Å². The third-order valence-electron chi connectivity index (χ3n) is 3.35. The van der Waals surface area contributed by atoms with E-state index in [0.29, 0.717) is 13.2 Å². The SMILES string of the molecule is C=[O+]C(C)(C)OC1COC(C2COC(C)(C)O2)C1O. The van der Waals surface area contributed by atoms with Crippen LogP contribution in [-0.4, -0.2) is 61.1 Å². The predicted octanol–water partition coefficient (Wildman–Crippen LogP) is 0.383. The molecule has 110 valence electrons. The predicted molar refractivity (Wildman–Crippen MR) is 66.7 cm³/mol. The lowest BCUT2D eigenvalue weighted by Gasteiger charge is -2.24. The number of rotatable bonds is 4. The maximum Gasteiger partial charge on any atom is 0.383 e. The van der Waals surface area contributed by atoms with Gasteiger partial charge in [0.25, 0.3) is 6.79 Å². The summed E-state index contributed by atoms with van der Waals surface area (Å²) in [7, 11) is 0. The van der Waals surface area contributed by atoms with Gasteiger partial charge in [-0.1, -0.05) is 0 Å². The van der Waals surface area contributed by atoms with E-state index >= 15 is 0 Å². The summed E-state index contributed by atoms with van der Waals surface area (Å²) in [5, 5.41) is 10.3. The molecule has 1 N–H and O–H groups in total. The van der Waals surface area contributed by atoms with E-state index in [0.717, 1.165) is 0 Å². The third kappa shape index (κ3) is 3.32. The van der Waals surface area contributed by atoms with Crippen LogP contribution in [0.25, 0.3) is 0 Å². The van der Waals surface area contributed by atoms with E-state index in [1.807, 2.05) is 13.8 Å². The van der Waals surface area contributed by atoms with Gasteiger partial charge in [0, 0.05) is 0 Å². The highest BCUT2D eigenvalue weighted by Crippen LogP contribution is 2.31. The Bertz CT molecular complexity index is 340. The highest BCUT2D eigenvalue weighted by Gasteiger charge is 2.49. The van der Waals surface area contributed by atoms with Crippen LogP contribution in [-0.2, 0) is 23.4 Å². The average molecular weight is 275 g/mol. The van der Waals surface area contributed by atoms with Gasteiger partial charge in [0.05, 0.1) is 27.1 Å². The Morgan fingerprint density at radius 3 is 2.58 bits per heavy atom. The van der Waals surface area contributed by atoms with Gasteiger partial charge in [0.1, 0.15) is 24.4 Å². The molecular formula is C13H23O6+. The molecule has 6 nitrogen and oxygen atoms in total. The van der Waals surface area contributed by atoms with Gasteiger partial charge in [0.2, 0.25) is 0 Å². The number of aliphatic hydroxyl groups is 1. The quantitative estimate of drug-likeness (QED) is 0.593. The summed E-state index contributed by atoms with van der Waals surface area (Å²) in [6.45, 7) is 11.2. The molecule has 0 aromatic heterocycles. The third-order valence-corrected chi connectivity index (χ3v) is 3.35. The summed E-state index contributed by atoms with van der Waals surface area (Å²) in [6, 6.07) is 0. The van der Waals surface area contributed by atoms with Crippen LogP contribution in [0.1, 0.15) is 27.7 Å². The van der Waals surface area contributed by atoms with E-state index in [1.165, 1.54) is 0 Å². The minimum absolute atomic E-state index is 0.289. The molecule has 0 aromatic carbocycles. The second-order valence-corrected chi connectivity index (χ2v) is 5.86. The Balaban J connectivity index is 1.95. The normalized spacial score (nSPS) is 38.6. The van der Waals surface area contributed by atoms with Gasteiger partial charge in [-0.25, -0.2) is 4.42 Å². The van der Waals surface area contributed by atoms with Crippen molar-refractivity contribution in [1.29, 1.82) is 0 Å². The lowest BCUT2D eigenvalue weighted by atomic mass is 10.1. The zero-order valence-electron chi connectivity index (χ0n) is 11.9. The van der Waals surface area contributed by atoms with Crippen LogP contribution < -0.4 is 0 Å². The molecule has 0 aliphatic carbocycles. The number of aliphatic hydroxyl groups excluding tert-OH is 1. The highest BCUT2D eigenvalue weighted by molar-refractivity contribution is 5.12. The monoisotopic (exact) mass is 275 g/mol. The zero-order chi connectivity index (χ0) is 14.3. The molecule has 2 heterocycles. The minimum atomic E-state index is -0.865. The van der Waals surface area contributed by atoms with Crippen molar-refractivity contribution in [2.45, 2.75) is 63.7 Å². The first-order valence-corrected chi connectivity index (χ1v) is 6.46. The fraction of sp³-hybridized carbons (Fsp3) is 0.923. The molecule has 2 aliphatic rings. The molecule has 0 amide bonds. The van der Waals surface area contributed by atoms with E-state index in [1.54, 1.807) is 13.8 Å². The molecule has 4 unspecified atom stereocenters. The van der Waals surface area contributed by atoms with Gasteiger partial charge < -0.3 is 19.3 Å². The molecular weight excluding hydrogens is 252 g/mol. The van der Waals surface area contributed by atoms with Crippen LogP contribution in [0.4, 0.5) is 0 Å². The maximum atomic E-state index is 10.3. The van der Waals surface area contributed by atoms with Crippen molar-refractivity contribution in [1.82, 2.24) is 0 Å². The molecule has 2 rings (SSSR count). The molecule has 6 heteroatoms. The summed E-state index contributed by atoms with van der Waals surface area (Å²) >= 11 is 0. The zero-order valence-corrected chi connectivity index (χ0v) is 11.9. The Hall–Kier alpha value is -0.530. The van der Waals surface area contributed by atoms with Gasteiger partial charge >= 0.3 is 5.79 Å². The Labute approximate surface area is 113 Å². The molecule has 2 saturated heterocycles. The van der Waals surface area contributed by atoms with Gasteiger partial charge in [-0.3, -0.25) is 4.74 Å². The summed E-state index contributed by atoms with van der Waals surface area (Å²) in [6.07, 6.45) is -1.99. The molecule has 2 fully saturated rings. The van der Waals surface area contributed by atoms with Crippen LogP contribution >= 0.6 is 0 Å². The molecule has 0 saturated carbocycles. The number of ether oxygens (including phenoxy) is 4. The number of carbonyl (C=O) groups excluding carboxylic acids is 1. The molecule has 0 bridgehead atoms. The molecule has 0 radical (unpaired) electrons. The molecule has 0 aromatic rings. The Morgan fingerprint density at radius 1 is 1.37 bits per heavy atom. The number of hydrogen-bond donors (Lipinski definition) is 1. The van der Waals surface area contributed by atoms with E-state index in [4.69, 9.17) is 23.4 Å². The van der Waals surface area contributed by atoms with E-state index in [2.05, 4.69) is 6.79 Å². The fourth-order valence-corrected chi connectivity index (χ4v) is 2.32. The first-order chi connectivity index (χ1) is 8.74. The van der Waals surface area contributed by atoms with Crippen molar-refractivity contribution in [2.24, 2.45) is 0 Å². The van der Waals surface area contributed by atoms with Crippen molar-refractivity contribution < 1.29 is 28.5 Å². The summed E-state index contributed by atoms with van der Waals surface area (Å²) in [5.41, 5.74) is 0. The van der Waals surface area contributed by atoms with E-state index in [-0.39, 0.29) is 6.10 Å². The van der Waals surface area contributed by atoms with E-state index in [9.17, 15) is 5.11 Å². The van der Waals surface area contributed by atoms with Gasteiger partial charge in [-0.15, -0.1) is 0 Å². The van der Waals surface area contributed by atoms with Crippen LogP contribution in [0.5, 0.6) is 0 Å². The second kappa shape index (κ2) is 5.10. The second-order valence-electron chi connectivity index (χ2n) is 5.86. The van der Waals surface area contributed by atoms with Crippen molar-refractivity contribution in [3.63, 3.8) is 0 Å². The van der Waals surface area contributed by atoms with Crippen LogP contribution in [0.15, 0.2) is 0 Å². The molecule has 2 aliphatic heterocycles. The largest absolute Gasteiger partial charge is 0.387 e. The van der Waals surface area contributed by atoms with Gasteiger partial charge in [-0.05, 0) is 13.8 Å². The Kier molecular flexibility index (Phi) is 3.99. The smallest absolute Gasteiger partial charge is 0.383 e. The first kappa shape index (κ1) is 14.9. The average Bonchev–Trinajstić information content (AvgIpc) is 2.83. The van der Waals surface area contributed by atoms with Crippen molar-refractivity contribution in [3.05, 3.63) is 0 Å².